The Morgan fingerprint density at radius 2 is 1.37 bits per heavy atom. The van der Waals surface area contributed by atoms with Crippen molar-refractivity contribution < 1.29 is 58.6 Å². The van der Waals surface area contributed by atoms with Gasteiger partial charge >= 0.3 is 0 Å². The minimum Gasteiger partial charge on any atom is -0.504 e. The number of likely N-dealkylation sites (N-methyl/N-ethyl adjacent to an activating group) is 1. The molecule has 3 aromatic carbocycles. The van der Waals surface area contributed by atoms with E-state index in [9.17, 15) is 39.6 Å². The third-order valence-corrected chi connectivity index (χ3v) is 19.2. The summed E-state index contributed by atoms with van der Waals surface area (Å²) in [6, 6.07) is 12.4. The number of carbonyl (C=O) groups excluding carboxylic acids is 4. The summed E-state index contributed by atoms with van der Waals surface area (Å²) in [6.45, 7) is 2.27. The van der Waals surface area contributed by atoms with Crippen LogP contribution in [-0.2, 0) is 58.7 Å². The zero-order chi connectivity index (χ0) is 52.3. The van der Waals surface area contributed by atoms with Crippen LogP contribution in [0.5, 0.6) is 23.0 Å². The average molecular weight is 1040 g/mol. The number of anilines is 1. The summed E-state index contributed by atoms with van der Waals surface area (Å²) in [6.07, 6.45) is 8.53. The first kappa shape index (κ1) is 49.6. The molecule has 9 aliphatic rings. The zero-order valence-electron chi connectivity index (χ0n) is 43.0. The Balaban J connectivity index is 0.521. The Labute approximate surface area is 440 Å². The van der Waals surface area contributed by atoms with Gasteiger partial charge in [0.25, 0.3) is 0 Å². The van der Waals surface area contributed by atoms with E-state index >= 15 is 0 Å². The van der Waals surface area contributed by atoms with Crippen LogP contribution in [0.2, 0.25) is 0 Å². The Bertz CT molecular complexity index is 3030. The van der Waals surface area contributed by atoms with Crippen molar-refractivity contribution in [1.82, 2.24) is 30.7 Å². The lowest BCUT2D eigenvalue weighted by Crippen LogP contribution is -2.77. The molecule has 4 aromatic rings. The van der Waals surface area contributed by atoms with Crippen LogP contribution >= 0.6 is 0 Å². The summed E-state index contributed by atoms with van der Waals surface area (Å²) in [5.41, 5.74) is 3.43. The van der Waals surface area contributed by atoms with Gasteiger partial charge in [0.05, 0.1) is 45.0 Å². The van der Waals surface area contributed by atoms with Crippen LogP contribution in [0, 0.1) is 5.92 Å². The van der Waals surface area contributed by atoms with E-state index < -0.39 is 46.2 Å². The Hall–Kier alpha value is -5.96. The van der Waals surface area contributed by atoms with E-state index in [0.717, 1.165) is 84.2 Å². The van der Waals surface area contributed by atoms with Crippen molar-refractivity contribution in [2.75, 3.05) is 71.5 Å². The minimum absolute atomic E-state index is 0.0393. The maximum Gasteiger partial charge on any atom is 0.250 e. The summed E-state index contributed by atoms with van der Waals surface area (Å²) in [4.78, 5) is 59.8. The molecule has 1 aromatic heterocycles. The molecule has 0 radical (unpaired) electrons. The molecule has 5 aliphatic carbocycles. The van der Waals surface area contributed by atoms with Crippen LogP contribution < -0.4 is 30.7 Å². The number of aliphatic hydroxyl groups is 2. The quantitative estimate of drug-likeness (QED) is 0.0613. The van der Waals surface area contributed by atoms with Crippen molar-refractivity contribution in [3.8, 4) is 23.0 Å². The predicted octanol–water partition coefficient (Wildman–Crippen LogP) is 3.01. The van der Waals surface area contributed by atoms with Gasteiger partial charge in [-0.15, -0.1) is 0 Å². The van der Waals surface area contributed by atoms with Gasteiger partial charge in [0, 0.05) is 54.7 Å². The molecule has 13 rings (SSSR count). The van der Waals surface area contributed by atoms with Gasteiger partial charge in [-0.3, -0.25) is 24.1 Å². The van der Waals surface area contributed by atoms with Crippen LogP contribution in [0.25, 0.3) is 10.9 Å². The molecule has 4 bridgehead atoms. The van der Waals surface area contributed by atoms with Crippen LogP contribution in [-0.4, -0.2) is 160 Å². The SMILES string of the molecule is CN1CC[C@]23c4c5ccc(O)c4O[C@H]2[C@@H](NC(=O)COCC(=O)NCCCCCCNC(=O)COCC(=O)Nc2cccc4c6c([nH]c24)[C@@H]2Oc4c(O)ccc7c4[C@@]24CCN(CC2CC2)[C@H](C7)[C@]4(O)C6)CC[C@@]3(O)[C@H]1C5. The van der Waals surface area contributed by atoms with Gasteiger partial charge in [-0.1, -0.05) is 37.1 Å². The number of para-hydroxylation sites is 1. The number of piperidine rings is 2. The second-order valence-electron chi connectivity index (χ2n) is 23.4. The second-order valence-corrected chi connectivity index (χ2v) is 23.4. The molecular formula is C57H69N7O12. The van der Waals surface area contributed by atoms with Crippen molar-refractivity contribution in [2.24, 2.45) is 5.92 Å². The van der Waals surface area contributed by atoms with Crippen LogP contribution in [0.15, 0.2) is 42.5 Å². The number of hydrogen-bond acceptors (Lipinski definition) is 14. The fourth-order valence-electron chi connectivity index (χ4n) is 15.7. The number of rotatable bonds is 19. The molecule has 0 unspecified atom stereocenters. The van der Waals surface area contributed by atoms with Gasteiger partial charge in [-0.2, -0.15) is 0 Å². The van der Waals surface area contributed by atoms with Gasteiger partial charge in [0.15, 0.2) is 29.1 Å². The number of nitrogens with one attached hydrogen (secondary N) is 5. The fourth-order valence-corrected chi connectivity index (χ4v) is 15.7. The molecule has 19 nitrogen and oxygen atoms in total. The maximum atomic E-state index is 13.2. The third-order valence-electron chi connectivity index (χ3n) is 19.2. The highest BCUT2D eigenvalue weighted by Gasteiger charge is 2.74. The normalized spacial score (nSPS) is 30.9. The smallest absolute Gasteiger partial charge is 0.250 e. The summed E-state index contributed by atoms with van der Waals surface area (Å²) >= 11 is 0. The Morgan fingerprint density at radius 1 is 0.724 bits per heavy atom. The van der Waals surface area contributed by atoms with E-state index in [-0.39, 0.29) is 67.7 Å². The molecule has 2 saturated heterocycles. The topological polar surface area (TPSA) is 257 Å². The number of unbranched alkanes of at least 4 members (excludes halogenated alkanes) is 3. The van der Waals surface area contributed by atoms with E-state index in [4.69, 9.17) is 18.9 Å². The van der Waals surface area contributed by atoms with Gasteiger partial charge < -0.3 is 70.5 Å². The molecule has 4 fully saturated rings. The number of carbonyl (C=O) groups is 4. The number of hydrogen-bond donors (Lipinski definition) is 9. The third kappa shape index (κ3) is 7.57. The summed E-state index contributed by atoms with van der Waals surface area (Å²) in [5.74, 6) is 0.210. The lowest BCUT2D eigenvalue weighted by molar-refractivity contribution is -0.187. The van der Waals surface area contributed by atoms with Gasteiger partial charge in [0.2, 0.25) is 23.6 Å². The highest BCUT2D eigenvalue weighted by atomic mass is 16.5. The number of phenolic OH excluding ortho intramolecular Hbond substituents is 2. The summed E-state index contributed by atoms with van der Waals surface area (Å²) in [5, 5.41) is 60.0. The van der Waals surface area contributed by atoms with Gasteiger partial charge in [0.1, 0.15) is 32.5 Å². The highest BCUT2D eigenvalue weighted by Crippen LogP contribution is 2.70. The molecule has 76 heavy (non-hydrogen) atoms. The van der Waals surface area contributed by atoms with Crippen LogP contribution in [0.1, 0.15) is 104 Å². The second kappa shape index (κ2) is 18.6. The fraction of sp³-hybridized carbons (Fsp3) is 0.579. The number of aromatic hydroxyl groups is 2. The van der Waals surface area contributed by atoms with E-state index in [1.54, 1.807) is 12.1 Å². The van der Waals surface area contributed by atoms with E-state index in [2.05, 4.69) is 36.1 Å². The molecule has 2 spiro atoms. The first-order valence-corrected chi connectivity index (χ1v) is 27.6. The zero-order valence-corrected chi connectivity index (χ0v) is 43.0. The summed E-state index contributed by atoms with van der Waals surface area (Å²) < 4.78 is 24.2. The number of aromatic nitrogens is 1. The monoisotopic (exact) mass is 1040 g/mol. The van der Waals surface area contributed by atoms with Crippen molar-refractivity contribution in [3.05, 3.63) is 76.0 Å². The van der Waals surface area contributed by atoms with E-state index in [1.165, 1.54) is 12.8 Å². The number of aromatic amines is 1. The predicted molar refractivity (Wildman–Crippen MR) is 276 cm³/mol. The number of H-pyrrole nitrogens is 1. The lowest BCUT2D eigenvalue weighted by atomic mass is 9.48. The number of phenols is 2. The largest absolute Gasteiger partial charge is 0.504 e. The van der Waals surface area contributed by atoms with Gasteiger partial charge in [-0.25, -0.2) is 0 Å². The number of nitrogens with zero attached hydrogens (tertiary/aromatic N) is 2. The van der Waals surface area contributed by atoms with E-state index in [1.807, 2.05) is 37.4 Å². The standard InChI is InChI=1S/C57H69N7O12/c1-63-21-17-54-46-32-11-13-38(65)50(46)75-52(54)37(15-16-56(54,71)40(63)23-32)61-45(70)30-74-28-43(68)59-20-5-3-2-4-19-58-42(67)27-73-29-44(69)60-36-8-6-7-34-35-25-57(72)41-24-33-12-14-39(66)51-47(33)55(57,18-22-64(41)26-31-9-10-31)53(76-51)49(35)62-48(34)36/h6-8,11-14,31,37,40-41,52-53,62,65-66,71-72H,2-5,9-10,15-30H2,1H3,(H,58,67)(H,59,68)(H,60,69)(H,61,70)/t37-,40+,41+,52-,53-,54-,55-,56+,57+/m0/s1. The van der Waals surface area contributed by atoms with E-state index in [0.29, 0.717) is 86.7 Å². The molecule has 4 aliphatic heterocycles. The molecule has 9 N–H and O–H groups in total. The van der Waals surface area contributed by atoms with Gasteiger partial charge in [-0.05, 0) is 125 Å². The number of ether oxygens (including phenoxy) is 4. The van der Waals surface area contributed by atoms with Crippen molar-refractivity contribution in [2.45, 2.75) is 136 Å². The molecule has 5 heterocycles. The number of benzene rings is 3. The number of amides is 4. The maximum absolute atomic E-state index is 13.2. The van der Waals surface area contributed by atoms with Crippen molar-refractivity contribution in [3.63, 3.8) is 0 Å². The molecule has 4 amide bonds. The summed E-state index contributed by atoms with van der Waals surface area (Å²) in [7, 11) is 2.04. The lowest BCUT2D eigenvalue weighted by Gasteiger charge is -2.63. The van der Waals surface area contributed by atoms with Crippen molar-refractivity contribution in [1.29, 1.82) is 0 Å². The molecule has 404 valence electrons. The number of fused-ring (bicyclic) bond motifs is 4. The molecule has 2 saturated carbocycles. The Kier molecular flexibility index (Phi) is 12.1. The van der Waals surface area contributed by atoms with Crippen molar-refractivity contribution >= 4 is 40.2 Å². The molecule has 9 atom stereocenters. The molecular weight excluding hydrogens is 975 g/mol. The Morgan fingerprint density at radius 3 is 2.08 bits per heavy atom. The molecule has 19 heteroatoms. The van der Waals surface area contributed by atoms with Crippen LogP contribution in [0.3, 0.4) is 0 Å². The first-order chi connectivity index (χ1) is 36.7. The first-order valence-electron chi connectivity index (χ1n) is 27.6. The van der Waals surface area contributed by atoms with Crippen LogP contribution in [0.4, 0.5) is 5.69 Å². The average Bonchev–Trinajstić information content (AvgIpc) is 4.08. The highest BCUT2D eigenvalue weighted by molar-refractivity contribution is 6.03. The minimum atomic E-state index is -1.13. The number of likely N-dealkylation sites (tertiary alicyclic amines) is 2.